The maximum absolute atomic E-state index is 12.9. The molecule has 0 saturated heterocycles. The standard InChI is InChI=1S/C9H11FO2/c1-6(11)9(12)7-4-2-3-5-8(7)10/h2-6,9,11-12H,1H3. The highest BCUT2D eigenvalue weighted by atomic mass is 19.1. The van der Waals surface area contributed by atoms with Gasteiger partial charge in [-0.2, -0.15) is 0 Å². The summed E-state index contributed by atoms with van der Waals surface area (Å²) in [7, 11) is 0. The number of hydrogen-bond acceptors (Lipinski definition) is 2. The molecule has 0 aromatic heterocycles. The van der Waals surface area contributed by atoms with Crippen LogP contribution in [0.5, 0.6) is 0 Å². The molecule has 0 aliphatic rings. The number of rotatable bonds is 2. The molecule has 0 saturated carbocycles. The van der Waals surface area contributed by atoms with Crippen LogP contribution in [0.15, 0.2) is 24.3 Å². The second-order valence-electron chi connectivity index (χ2n) is 2.71. The van der Waals surface area contributed by atoms with Gasteiger partial charge >= 0.3 is 0 Å². The highest BCUT2D eigenvalue weighted by Gasteiger charge is 2.16. The van der Waals surface area contributed by atoms with Gasteiger partial charge in [0.25, 0.3) is 0 Å². The van der Waals surface area contributed by atoms with Crippen LogP contribution in [0, 0.1) is 5.82 Å². The monoisotopic (exact) mass is 170 g/mol. The van der Waals surface area contributed by atoms with Crippen LogP contribution >= 0.6 is 0 Å². The molecular formula is C9H11FO2. The molecule has 0 amide bonds. The van der Waals surface area contributed by atoms with Crippen LogP contribution in [-0.4, -0.2) is 16.3 Å². The molecular weight excluding hydrogens is 159 g/mol. The molecule has 0 aliphatic heterocycles. The van der Waals surface area contributed by atoms with E-state index in [1.807, 2.05) is 0 Å². The molecule has 1 aromatic rings. The largest absolute Gasteiger partial charge is 0.390 e. The third-order valence-corrected chi connectivity index (χ3v) is 1.68. The molecule has 2 atom stereocenters. The number of aliphatic hydroxyl groups is 2. The molecule has 0 fully saturated rings. The zero-order chi connectivity index (χ0) is 9.14. The number of benzene rings is 1. The van der Waals surface area contributed by atoms with Gasteiger partial charge in [-0.3, -0.25) is 0 Å². The highest BCUT2D eigenvalue weighted by molar-refractivity contribution is 5.20. The van der Waals surface area contributed by atoms with E-state index in [2.05, 4.69) is 0 Å². The topological polar surface area (TPSA) is 40.5 Å². The lowest BCUT2D eigenvalue weighted by atomic mass is 10.1. The SMILES string of the molecule is CC(O)C(O)c1ccccc1F. The maximum atomic E-state index is 12.9. The fourth-order valence-corrected chi connectivity index (χ4v) is 0.975. The van der Waals surface area contributed by atoms with E-state index in [-0.39, 0.29) is 5.56 Å². The predicted molar refractivity (Wildman–Crippen MR) is 43.0 cm³/mol. The summed E-state index contributed by atoms with van der Waals surface area (Å²) in [6.45, 7) is 1.41. The molecule has 2 unspecified atom stereocenters. The van der Waals surface area contributed by atoms with Gasteiger partial charge in [0.15, 0.2) is 0 Å². The van der Waals surface area contributed by atoms with Gasteiger partial charge in [-0.15, -0.1) is 0 Å². The van der Waals surface area contributed by atoms with E-state index in [0.29, 0.717) is 0 Å². The van der Waals surface area contributed by atoms with Gasteiger partial charge in [-0.05, 0) is 13.0 Å². The zero-order valence-corrected chi connectivity index (χ0v) is 6.74. The quantitative estimate of drug-likeness (QED) is 0.701. The second kappa shape index (κ2) is 3.65. The lowest BCUT2D eigenvalue weighted by Crippen LogP contribution is -2.14. The average molecular weight is 170 g/mol. The van der Waals surface area contributed by atoms with Crippen LogP contribution in [0.25, 0.3) is 0 Å². The van der Waals surface area contributed by atoms with Crippen LogP contribution in [0.2, 0.25) is 0 Å². The minimum Gasteiger partial charge on any atom is -0.390 e. The lowest BCUT2D eigenvalue weighted by molar-refractivity contribution is 0.0283. The Bertz CT molecular complexity index is 260. The van der Waals surface area contributed by atoms with Gasteiger partial charge in [0, 0.05) is 5.56 Å². The van der Waals surface area contributed by atoms with Crippen molar-refractivity contribution in [2.24, 2.45) is 0 Å². The van der Waals surface area contributed by atoms with Crippen LogP contribution in [-0.2, 0) is 0 Å². The van der Waals surface area contributed by atoms with Crippen LogP contribution in [0.4, 0.5) is 4.39 Å². The van der Waals surface area contributed by atoms with Gasteiger partial charge in [0.2, 0.25) is 0 Å². The Morgan fingerprint density at radius 1 is 1.25 bits per heavy atom. The highest BCUT2D eigenvalue weighted by Crippen LogP contribution is 2.19. The fraction of sp³-hybridized carbons (Fsp3) is 0.333. The van der Waals surface area contributed by atoms with Crippen molar-refractivity contribution in [1.29, 1.82) is 0 Å². The summed E-state index contributed by atoms with van der Waals surface area (Å²) in [6.07, 6.45) is -2.10. The Kier molecular flexibility index (Phi) is 2.78. The summed E-state index contributed by atoms with van der Waals surface area (Å²) in [6, 6.07) is 5.85. The number of hydrogen-bond donors (Lipinski definition) is 2. The third-order valence-electron chi connectivity index (χ3n) is 1.68. The molecule has 0 bridgehead atoms. The Labute approximate surface area is 70.3 Å². The van der Waals surface area contributed by atoms with Crippen molar-refractivity contribution in [3.8, 4) is 0 Å². The van der Waals surface area contributed by atoms with Gasteiger partial charge in [-0.1, -0.05) is 18.2 Å². The Morgan fingerprint density at radius 2 is 1.83 bits per heavy atom. The average Bonchev–Trinajstić information content (AvgIpc) is 2.04. The summed E-state index contributed by atoms with van der Waals surface area (Å²) < 4.78 is 12.9. The van der Waals surface area contributed by atoms with Crippen molar-refractivity contribution in [1.82, 2.24) is 0 Å². The van der Waals surface area contributed by atoms with E-state index in [1.165, 1.54) is 25.1 Å². The molecule has 0 aliphatic carbocycles. The number of aliphatic hydroxyl groups excluding tert-OH is 2. The summed E-state index contributed by atoms with van der Waals surface area (Å²) in [5.74, 6) is -0.495. The van der Waals surface area contributed by atoms with E-state index in [4.69, 9.17) is 5.11 Å². The summed E-state index contributed by atoms with van der Waals surface area (Å²) >= 11 is 0. The van der Waals surface area contributed by atoms with Crippen molar-refractivity contribution >= 4 is 0 Å². The Hall–Kier alpha value is -0.930. The first kappa shape index (κ1) is 9.16. The van der Waals surface area contributed by atoms with Crippen LogP contribution in [0.1, 0.15) is 18.6 Å². The maximum Gasteiger partial charge on any atom is 0.129 e. The molecule has 0 spiro atoms. The van der Waals surface area contributed by atoms with E-state index < -0.39 is 18.0 Å². The van der Waals surface area contributed by atoms with Gasteiger partial charge < -0.3 is 10.2 Å². The summed E-state index contributed by atoms with van der Waals surface area (Å²) in [4.78, 5) is 0. The normalized spacial score (nSPS) is 15.7. The molecule has 2 nitrogen and oxygen atoms in total. The van der Waals surface area contributed by atoms with Gasteiger partial charge in [0.1, 0.15) is 11.9 Å². The molecule has 0 heterocycles. The van der Waals surface area contributed by atoms with E-state index >= 15 is 0 Å². The van der Waals surface area contributed by atoms with E-state index in [0.717, 1.165) is 0 Å². The van der Waals surface area contributed by atoms with Crippen molar-refractivity contribution in [2.75, 3.05) is 0 Å². The van der Waals surface area contributed by atoms with Crippen LogP contribution in [0.3, 0.4) is 0 Å². The molecule has 12 heavy (non-hydrogen) atoms. The van der Waals surface area contributed by atoms with E-state index in [9.17, 15) is 9.50 Å². The predicted octanol–water partition coefficient (Wildman–Crippen LogP) is 1.24. The third kappa shape index (κ3) is 1.81. The first-order valence-corrected chi connectivity index (χ1v) is 3.73. The molecule has 3 heteroatoms. The minimum atomic E-state index is -1.15. The van der Waals surface area contributed by atoms with Gasteiger partial charge in [0.05, 0.1) is 6.10 Å². The van der Waals surface area contributed by atoms with Gasteiger partial charge in [-0.25, -0.2) is 4.39 Å². The Morgan fingerprint density at radius 3 is 2.33 bits per heavy atom. The molecule has 66 valence electrons. The Balaban J connectivity index is 2.94. The molecule has 1 aromatic carbocycles. The van der Waals surface area contributed by atoms with E-state index in [1.54, 1.807) is 6.07 Å². The van der Waals surface area contributed by atoms with Crippen molar-refractivity contribution in [3.63, 3.8) is 0 Å². The van der Waals surface area contributed by atoms with Crippen molar-refractivity contribution < 1.29 is 14.6 Å². The molecule has 1 rings (SSSR count). The van der Waals surface area contributed by atoms with Crippen LogP contribution < -0.4 is 0 Å². The smallest absolute Gasteiger partial charge is 0.129 e. The molecule has 0 radical (unpaired) electrons. The summed E-state index contributed by atoms with van der Waals surface area (Å²) in [5, 5.41) is 18.3. The minimum absolute atomic E-state index is 0.132. The second-order valence-corrected chi connectivity index (χ2v) is 2.71. The zero-order valence-electron chi connectivity index (χ0n) is 6.74. The first-order valence-electron chi connectivity index (χ1n) is 3.73. The fourth-order valence-electron chi connectivity index (χ4n) is 0.975. The van der Waals surface area contributed by atoms with Crippen molar-refractivity contribution in [3.05, 3.63) is 35.6 Å². The lowest BCUT2D eigenvalue weighted by Gasteiger charge is -2.13. The number of halogens is 1. The first-order chi connectivity index (χ1) is 5.63. The summed E-state index contributed by atoms with van der Waals surface area (Å²) in [5.41, 5.74) is 0.132. The van der Waals surface area contributed by atoms with Crippen molar-refractivity contribution in [2.45, 2.75) is 19.1 Å². The molecule has 2 N–H and O–H groups in total.